The molecule has 0 fully saturated rings. The van der Waals surface area contributed by atoms with E-state index in [0.717, 1.165) is 5.75 Å². The van der Waals surface area contributed by atoms with Crippen LogP contribution in [0.4, 0.5) is 0 Å². The van der Waals surface area contributed by atoms with Crippen molar-refractivity contribution in [2.24, 2.45) is 0 Å². The van der Waals surface area contributed by atoms with Crippen LogP contribution < -0.4 is 14.8 Å². The van der Waals surface area contributed by atoms with Gasteiger partial charge >= 0.3 is 0 Å². The Morgan fingerprint density at radius 3 is 2.50 bits per heavy atom. The molecule has 3 N–H and O–H groups in total. The summed E-state index contributed by atoms with van der Waals surface area (Å²) in [6.45, 7) is 3.00. The molecule has 0 heterocycles. The van der Waals surface area contributed by atoms with Crippen LogP contribution in [0.2, 0.25) is 0 Å². The van der Waals surface area contributed by atoms with Crippen molar-refractivity contribution in [2.75, 3.05) is 20.3 Å². The van der Waals surface area contributed by atoms with Crippen molar-refractivity contribution in [2.45, 2.75) is 19.1 Å². The number of hydrogen-bond donors (Lipinski definition) is 2. The molecule has 0 bridgehead atoms. The molecule has 4 nitrogen and oxygen atoms in total. The zero-order chi connectivity index (χ0) is 15.8. The van der Waals surface area contributed by atoms with Crippen LogP contribution in [0.3, 0.4) is 0 Å². The van der Waals surface area contributed by atoms with Crippen LogP contribution in [0.5, 0.6) is 11.5 Å². The molecule has 0 aliphatic carbocycles. The molecule has 2 aromatic carbocycles. The summed E-state index contributed by atoms with van der Waals surface area (Å²) in [4.78, 5) is 0. The molecule has 2 atom stereocenters. The van der Waals surface area contributed by atoms with E-state index in [1.165, 1.54) is 5.56 Å². The van der Waals surface area contributed by atoms with E-state index >= 15 is 0 Å². The van der Waals surface area contributed by atoms with Gasteiger partial charge in [0.05, 0.1) is 7.11 Å². The number of methoxy groups -OCH3 is 1. The summed E-state index contributed by atoms with van der Waals surface area (Å²) >= 11 is 0. The minimum absolute atomic E-state index is 0.269. The fourth-order valence-electron chi connectivity index (χ4n) is 2.21. The Bertz CT molecular complexity index is 559. The van der Waals surface area contributed by atoms with Gasteiger partial charge < -0.3 is 19.9 Å². The summed E-state index contributed by atoms with van der Waals surface area (Å²) in [5.74, 6) is 1.45. The van der Waals surface area contributed by atoms with Gasteiger partial charge in [0, 0.05) is 11.6 Å². The molecule has 0 saturated carbocycles. The summed E-state index contributed by atoms with van der Waals surface area (Å²) in [5.41, 5.74) is 1.25. The molecule has 0 aliphatic rings. The minimum atomic E-state index is -0.516. The maximum absolute atomic E-state index is 10.0. The first-order chi connectivity index (χ1) is 10.7. The summed E-state index contributed by atoms with van der Waals surface area (Å²) in [5, 5.41) is 12.2. The zero-order valence-electron chi connectivity index (χ0n) is 13.1. The zero-order valence-corrected chi connectivity index (χ0v) is 13.1. The van der Waals surface area contributed by atoms with Crippen molar-refractivity contribution in [1.82, 2.24) is 0 Å². The number of benzene rings is 2. The highest BCUT2D eigenvalue weighted by molar-refractivity contribution is 5.32. The van der Waals surface area contributed by atoms with E-state index in [9.17, 15) is 5.11 Å². The molecule has 0 saturated heterocycles. The van der Waals surface area contributed by atoms with Gasteiger partial charge in [0.2, 0.25) is 0 Å². The monoisotopic (exact) mass is 302 g/mol. The number of rotatable bonds is 8. The number of ether oxygens (including phenoxy) is 2. The van der Waals surface area contributed by atoms with Crippen LogP contribution >= 0.6 is 0 Å². The maximum atomic E-state index is 10.0. The van der Waals surface area contributed by atoms with Crippen molar-refractivity contribution < 1.29 is 19.9 Å². The Morgan fingerprint density at radius 1 is 1.05 bits per heavy atom. The molecular weight excluding hydrogens is 278 g/mol. The largest absolute Gasteiger partial charge is 0.497 e. The predicted molar refractivity (Wildman–Crippen MR) is 86.1 cm³/mol. The SMILES string of the molecule is COc1cccc(OC[C@H](O)C[NH2+][C@H](C)c2ccccc2)c1. The van der Waals surface area contributed by atoms with E-state index in [1.54, 1.807) is 7.11 Å². The Balaban J connectivity index is 1.74. The van der Waals surface area contributed by atoms with Gasteiger partial charge in [-0.3, -0.25) is 0 Å². The average molecular weight is 302 g/mol. The van der Waals surface area contributed by atoms with Crippen LogP contribution in [0.1, 0.15) is 18.5 Å². The molecule has 0 aromatic heterocycles. The second-order valence-electron chi connectivity index (χ2n) is 5.31. The molecule has 0 radical (unpaired) electrons. The lowest BCUT2D eigenvalue weighted by Gasteiger charge is -2.15. The van der Waals surface area contributed by atoms with Gasteiger partial charge in [-0.05, 0) is 19.1 Å². The molecule has 118 valence electrons. The molecular formula is C18H24NO3+. The third-order valence-corrected chi connectivity index (χ3v) is 3.57. The number of hydrogen-bond acceptors (Lipinski definition) is 3. The standard InChI is InChI=1S/C18H23NO3/c1-14(15-7-4-3-5-8-15)19-12-16(20)13-22-18-10-6-9-17(11-18)21-2/h3-11,14,16,19-20H,12-13H2,1-2H3/p+1/t14-,16-/m1/s1. The molecule has 0 amide bonds. The van der Waals surface area contributed by atoms with E-state index in [0.29, 0.717) is 18.3 Å². The van der Waals surface area contributed by atoms with Gasteiger partial charge in [0.1, 0.15) is 36.8 Å². The normalized spacial score (nSPS) is 13.4. The van der Waals surface area contributed by atoms with E-state index < -0.39 is 6.10 Å². The summed E-state index contributed by atoms with van der Waals surface area (Å²) < 4.78 is 10.7. The first-order valence-electron chi connectivity index (χ1n) is 7.52. The molecule has 0 unspecified atom stereocenters. The van der Waals surface area contributed by atoms with Gasteiger partial charge in [0.15, 0.2) is 0 Å². The maximum Gasteiger partial charge on any atom is 0.137 e. The van der Waals surface area contributed by atoms with Gasteiger partial charge in [-0.1, -0.05) is 36.4 Å². The molecule has 0 aliphatic heterocycles. The Labute approximate surface area is 131 Å². The third kappa shape index (κ3) is 5.06. The molecule has 2 aromatic rings. The van der Waals surface area contributed by atoms with Crippen LogP contribution in [-0.2, 0) is 0 Å². The van der Waals surface area contributed by atoms with E-state index in [2.05, 4.69) is 24.4 Å². The Morgan fingerprint density at radius 2 is 1.77 bits per heavy atom. The first kappa shape index (κ1) is 16.3. The van der Waals surface area contributed by atoms with Crippen molar-refractivity contribution >= 4 is 0 Å². The smallest absolute Gasteiger partial charge is 0.137 e. The highest BCUT2D eigenvalue weighted by atomic mass is 16.5. The lowest BCUT2D eigenvalue weighted by molar-refractivity contribution is -0.698. The second-order valence-corrected chi connectivity index (χ2v) is 5.31. The third-order valence-electron chi connectivity index (χ3n) is 3.57. The Kier molecular flexibility index (Phi) is 6.25. The molecule has 0 spiro atoms. The van der Waals surface area contributed by atoms with Crippen LogP contribution in [-0.4, -0.2) is 31.5 Å². The Hall–Kier alpha value is -2.04. The van der Waals surface area contributed by atoms with Crippen molar-refractivity contribution in [3.8, 4) is 11.5 Å². The quantitative estimate of drug-likeness (QED) is 0.781. The predicted octanol–water partition coefficient (Wildman–Crippen LogP) is 1.76. The molecule has 22 heavy (non-hydrogen) atoms. The minimum Gasteiger partial charge on any atom is -0.497 e. The first-order valence-corrected chi connectivity index (χ1v) is 7.52. The topological polar surface area (TPSA) is 55.3 Å². The lowest BCUT2D eigenvalue weighted by Crippen LogP contribution is -2.87. The van der Waals surface area contributed by atoms with E-state index in [4.69, 9.17) is 9.47 Å². The second kappa shape index (κ2) is 8.41. The lowest BCUT2D eigenvalue weighted by atomic mass is 10.1. The summed E-state index contributed by atoms with van der Waals surface area (Å²) in [7, 11) is 1.62. The molecule has 4 heteroatoms. The summed E-state index contributed by atoms with van der Waals surface area (Å²) in [6.07, 6.45) is -0.516. The van der Waals surface area contributed by atoms with Gasteiger partial charge in [-0.25, -0.2) is 0 Å². The number of aliphatic hydroxyl groups is 1. The van der Waals surface area contributed by atoms with Crippen LogP contribution in [0, 0.1) is 0 Å². The van der Waals surface area contributed by atoms with Gasteiger partial charge in [-0.15, -0.1) is 0 Å². The number of nitrogens with two attached hydrogens (primary N) is 1. The fourth-order valence-corrected chi connectivity index (χ4v) is 2.21. The van der Waals surface area contributed by atoms with Gasteiger partial charge in [-0.2, -0.15) is 0 Å². The van der Waals surface area contributed by atoms with E-state index in [1.807, 2.05) is 42.5 Å². The van der Waals surface area contributed by atoms with Gasteiger partial charge in [0.25, 0.3) is 0 Å². The highest BCUT2D eigenvalue weighted by Gasteiger charge is 2.12. The molecule has 2 rings (SSSR count). The number of quaternary nitrogens is 1. The number of aliphatic hydroxyl groups excluding tert-OH is 1. The van der Waals surface area contributed by atoms with Crippen molar-refractivity contribution in [3.05, 3.63) is 60.2 Å². The summed E-state index contributed by atoms with van der Waals surface area (Å²) in [6, 6.07) is 18.0. The van der Waals surface area contributed by atoms with Crippen molar-refractivity contribution in [3.63, 3.8) is 0 Å². The van der Waals surface area contributed by atoms with E-state index in [-0.39, 0.29) is 6.61 Å². The average Bonchev–Trinajstić information content (AvgIpc) is 2.58. The fraction of sp³-hybridized carbons (Fsp3) is 0.333. The van der Waals surface area contributed by atoms with Crippen LogP contribution in [0.25, 0.3) is 0 Å². The van der Waals surface area contributed by atoms with Crippen LogP contribution in [0.15, 0.2) is 54.6 Å². The highest BCUT2D eigenvalue weighted by Crippen LogP contribution is 2.18. The van der Waals surface area contributed by atoms with Crippen molar-refractivity contribution in [1.29, 1.82) is 0 Å².